The van der Waals surface area contributed by atoms with Gasteiger partial charge in [-0.1, -0.05) is 42.0 Å². The maximum atomic E-state index is 13.3. The minimum absolute atomic E-state index is 0.0404. The standard InChI is InChI=1S/C26H28N4O3S/c1-17-8-10-18(11-9-17)21-15-34-25-24(21)26(32)30(16-28-25)14-23(31)27-13-22(29(2)3)19-6-5-7-20(12-19)33-4/h5-12,15-16,22H,13-14H2,1-4H3,(H,27,31)/t22-/m0/s1. The number of fused-ring (bicyclic) bond motifs is 1. The lowest BCUT2D eigenvalue weighted by Crippen LogP contribution is -2.37. The molecule has 0 bridgehead atoms. The van der Waals surface area contributed by atoms with E-state index in [0.29, 0.717) is 16.8 Å². The Balaban J connectivity index is 1.52. The molecule has 0 aliphatic heterocycles. The van der Waals surface area contributed by atoms with Crippen molar-refractivity contribution in [3.8, 4) is 16.9 Å². The lowest BCUT2D eigenvalue weighted by molar-refractivity contribution is -0.121. The fourth-order valence-electron chi connectivity index (χ4n) is 3.89. The number of carbonyl (C=O) groups excluding carboxylic acids is 1. The van der Waals surface area contributed by atoms with Crippen LogP contribution in [0, 0.1) is 6.92 Å². The second-order valence-electron chi connectivity index (χ2n) is 8.43. The van der Waals surface area contributed by atoms with Crippen molar-refractivity contribution in [2.24, 2.45) is 0 Å². The first-order valence-electron chi connectivity index (χ1n) is 11.0. The summed E-state index contributed by atoms with van der Waals surface area (Å²) in [5, 5.41) is 5.46. The smallest absolute Gasteiger partial charge is 0.263 e. The van der Waals surface area contributed by atoms with E-state index < -0.39 is 0 Å². The Kier molecular flexibility index (Phi) is 7.09. The molecule has 0 saturated carbocycles. The Morgan fingerprint density at radius 1 is 1.21 bits per heavy atom. The molecule has 4 rings (SSSR count). The molecule has 0 spiro atoms. The van der Waals surface area contributed by atoms with E-state index in [0.717, 1.165) is 28.0 Å². The molecule has 34 heavy (non-hydrogen) atoms. The van der Waals surface area contributed by atoms with Crippen LogP contribution in [0.4, 0.5) is 0 Å². The molecule has 4 aromatic rings. The molecule has 7 nitrogen and oxygen atoms in total. The van der Waals surface area contributed by atoms with Crippen molar-refractivity contribution in [1.29, 1.82) is 0 Å². The number of amides is 1. The lowest BCUT2D eigenvalue weighted by Gasteiger charge is -2.25. The van der Waals surface area contributed by atoms with Gasteiger partial charge in [0.15, 0.2) is 0 Å². The quantitative estimate of drug-likeness (QED) is 0.418. The second kappa shape index (κ2) is 10.2. The number of hydrogen-bond acceptors (Lipinski definition) is 6. The number of thiophene rings is 1. The van der Waals surface area contributed by atoms with E-state index in [9.17, 15) is 9.59 Å². The van der Waals surface area contributed by atoms with Crippen LogP contribution in [0.1, 0.15) is 17.2 Å². The van der Waals surface area contributed by atoms with Gasteiger partial charge in [0.2, 0.25) is 5.91 Å². The summed E-state index contributed by atoms with van der Waals surface area (Å²) >= 11 is 1.43. The molecule has 0 aliphatic carbocycles. The number of likely N-dealkylation sites (N-methyl/N-ethyl adjacent to an activating group) is 1. The monoisotopic (exact) mass is 476 g/mol. The number of carbonyl (C=O) groups is 1. The molecule has 1 atom stereocenters. The van der Waals surface area contributed by atoms with Gasteiger partial charge in [0.25, 0.3) is 5.56 Å². The van der Waals surface area contributed by atoms with E-state index in [1.54, 1.807) is 7.11 Å². The molecular weight excluding hydrogens is 448 g/mol. The van der Waals surface area contributed by atoms with Crippen molar-refractivity contribution in [2.45, 2.75) is 19.5 Å². The number of hydrogen-bond donors (Lipinski definition) is 1. The van der Waals surface area contributed by atoms with E-state index >= 15 is 0 Å². The summed E-state index contributed by atoms with van der Waals surface area (Å²) < 4.78 is 6.70. The zero-order chi connectivity index (χ0) is 24.2. The van der Waals surface area contributed by atoms with E-state index in [-0.39, 0.29) is 24.1 Å². The highest BCUT2D eigenvalue weighted by Gasteiger charge is 2.18. The van der Waals surface area contributed by atoms with Gasteiger partial charge in [-0.3, -0.25) is 14.2 Å². The van der Waals surface area contributed by atoms with Crippen molar-refractivity contribution in [3.05, 3.63) is 81.7 Å². The molecule has 0 unspecified atom stereocenters. The average molecular weight is 477 g/mol. The van der Waals surface area contributed by atoms with Crippen LogP contribution >= 0.6 is 11.3 Å². The van der Waals surface area contributed by atoms with Crippen LogP contribution in [0.15, 0.2) is 65.0 Å². The van der Waals surface area contributed by atoms with Crippen molar-refractivity contribution in [2.75, 3.05) is 27.7 Å². The number of rotatable bonds is 8. The molecular formula is C26H28N4O3S. The van der Waals surface area contributed by atoms with E-state index in [1.807, 2.05) is 79.8 Å². The summed E-state index contributed by atoms with van der Waals surface area (Å²) in [6, 6.07) is 15.8. The van der Waals surface area contributed by atoms with Gasteiger partial charge in [0, 0.05) is 17.5 Å². The topological polar surface area (TPSA) is 76.5 Å². The zero-order valence-corrected chi connectivity index (χ0v) is 20.6. The maximum absolute atomic E-state index is 13.3. The van der Waals surface area contributed by atoms with Crippen LogP contribution in [-0.4, -0.2) is 48.1 Å². The third-order valence-electron chi connectivity index (χ3n) is 5.83. The number of aromatic nitrogens is 2. The predicted octanol–water partition coefficient (Wildman–Crippen LogP) is 3.86. The molecule has 176 valence electrons. The number of nitrogens with zero attached hydrogens (tertiary/aromatic N) is 3. The van der Waals surface area contributed by atoms with Crippen LogP contribution in [0.5, 0.6) is 5.75 Å². The molecule has 0 fully saturated rings. The first-order valence-corrected chi connectivity index (χ1v) is 11.9. The minimum Gasteiger partial charge on any atom is -0.497 e. The first kappa shape index (κ1) is 23.7. The number of benzene rings is 2. The number of methoxy groups -OCH3 is 1. The Bertz CT molecular complexity index is 1360. The van der Waals surface area contributed by atoms with Gasteiger partial charge in [-0.05, 0) is 44.3 Å². The molecule has 0 saturated heterocycles. The molecule has 2 aromatic heterocycles. The summed E-state index contributed by atoms with van der Waals surface area (Å²) in [6.07, 6.45) is 1.45. The minimum atomic E-state index is -0.245. The fourth-order valence-corrected chi connectivity index (χ4v) is 4.80. The van der Waals surface area contributed by atoms with Gasteiger partial charge in [0.1, 0.15) is 17.1 Å². The lowest BCUT2D eigenvalue weighted by atomic mass is 10.1. The largest absolute Gasteiger partial charge is 0.497 e. The third-order valence-corrected chi connectivity index (χ3v) is 6.72. The highest BCUT2D eigenvalue weighted by atomic mass is 32.1. The molecule has 1 amide bonds. The van der Waals surface area contributed by atoms with Gasteiger partial charge in [-0.25, -0.2) is 4.98 Å². The molecule has 1 N–H and O–H groups in total. The van der Waals surface area contributed by atoms with Crippen LogP contribution in [0.25, 0.3) is 21.3 Å². The van der Waals surface area contributed by atoms with Crippen molar-refractivity contribution in [3.63, 3.8) is 0 Å². The van der Waals surface area contributed by atoms with Crippen molar-refractivity contribution < 1.29 is 9.53 Å². The van der Waals surface area contributed by atoms with Crippen molar-refractivity contribution in [1.82, 2.24) is 19.8 Å². The number of nitrogens with one attached hydrogen (secondary N) is 1. The summed E-state index contributed by atoms with van der Waals surface area (Å²) in [6.45, 7) is 2.33. The number of aryl methyl sites for hydroxylation is 1. The van der Waals surface area contributed by atoms with Gasteiger partial charge in [-0.2, -0.15) is 0 Å². The van der Waals surface area contributed by atoms with Crippen LogP contribution in [0.2, 0.25) is 0 Å². The Morgan fingerprint density at radius 3 is 2.68 bits per heavy atom. The third kappa shape index (κ3) is 5.03. The Morgan fingerprint density at radius 2 is 1.97 bits per heavy atom. The summed E-state index contributed by atoms with van der Waals surface area (Å²) in [5.41, 5.74) is 3.78. The normalized spacial score (nSPS) is 12.1. The molecule has 2 heterocycles. The molecule has 8 heteroatoms. The zero-order valence-electron chi connectivity index (χ0n) is 19.7. The highest BCUT2D eigenvalue weighted by molar-refractivity contribution is 7.17. The number of ether oxygens (including phenoxy) is 1. The summed E-state index contributed by atoms with van der Waals surface area (Å²) in [7, 11) is 5.55. The Labute approximate surface area is 202 Å². The average Bonchev–Trinajstić information content (AvgIpc) is 3.26. The maximum Gasteiger partial charge on any atom is 0.263 e. The molecule has 0 aliphatic rings. The van der Waals surface area contributed by atoms with E-state index in [1.165, 1.54) is 22.2 Å². The molecule has 0 radical (unpaired) electrons. The van der Waals surface area contributed by atoms with Gasteiger partial charge < -0.3 is 15.0 Å². The first-order chi connectivity index (χ1) is 16.4. The summed E-state index contributed by atoms with van der Waals surface area (Å²) in [4.78, 5) is 33.2. The predicted molar refractivity (Wildman–Crippen MR) is 136 cm³/mol. The SMILES string of the molecule is COc1cccc([C@H](CNC(=O)Cn2cnc3scc(-c4ccc(C)cc4)c3c2=O)N(C)C)c1. The van der Waals surface area contributed by atoms with Crippen LogP contribution in [0.3, 0.4) is 0 Å². The molecule has 2 aromatic carbocycles. The van der Waals surface area contributed by atoms with Gasteiger partial charge in [0.05, 0.1) is 24.9 Å². The highest BCUT2D eigenvalue weighted by Crippen LogP contribution is 2.30. The fraction of sp³-hybridized carbons (Fsp3) is 0.269. The van der Waals surface area contributed by atoms with Crippen LogP contribution < -0.4 is 15.6 Å². The Hall–Kier alpha value is -3.49. The van der Waals surface area contributed by atoms with Crippen LogP contribution in [-0.2, 0) is 11.3 Å². The van der Waals surface area contributed by atoms with Gasteiger partial charge in [-0.15, -0.1) is 11.3 Å². The van der Waals surface area contributed by atoms with Crippen molar-refractivity contribution >= 4 is 27.5 Å². The summed E-state index contributed by atoms with van der Waals surface area (Å²) in [5.74, 6) is 0.520. The van der Waals surface area contributed by atoms with Gasteiger partial charge >= 0.3 is 0 Å². The van der Waals surface area contributed by atoms with E-state index in [4.69, 9.17) is 4.74 Å². The van der Waals surface area contributed by atoms with E-state index in [2.05, 4.69) is 10.3 Å². The second-order valence-corrected chi connectivity index (χ2v) is 9.29.